The lowest BCUT2D eigenvalue weighted by Crippen LogP contribution is -2.58. The molecular formula is C19H22FN. The van der Waals surface area contributed by atoms with Crippen LogP contribution in [-0.4, -0.2) is 13.1 Å². The number of rotatable bonds is 4. The Balaban J connectivity index is 1.82. The second-order valence-electron chi connectivity index (χ2n) is 6.46. The minimum absolute atomic E-state index is 0.118. The summed E-state index contributed by atoms with van der Waals surface area (Å²) in [5, 5.41) is 3.37. The minimum atomic E-state index is -0.164. The molecule has 0 radical (unpaired) electrons. The van der Waals surface area contributed by atoms with Gasteiger partial charge in [0.15, 0.2) is 0 Å². The molecule has 2 aromatic carbocycles. The van der Waals surface area contributed by atoms with Crippen molar-refractivity contribution in [3.8, 4) is 0 Å². The Labute approximate surface area is 126 Å². The number of nitrogens with one attached hydrogen (secondary N) is 1. The van der Waals surface area contributed by atoms with Crippen molar-refractivity contribution in [3.05, 3.63) is 71.0 Å². The van der Waals surface area contributed by atoms with Crippen molar-refractivity contribution in [1.29, 1.82) is 0 Å². The van der Waals surface area contributed by atoms with E-state index in [1.165, 1.54) is 16.7 Å². The minimum Gasteiger partial charge on any atom is -0.315 e. The summed E-state index contributed by atoms with van der Waals surface area (Å²) >= 11 is 0. The molecule has 0 atom stereocenters. The van der Waals surface area contributed by atoms with Gasteiger partial charge in [-0.25, -0.2) is 4.39 Å². The van der Waals surface area contributed by atoms with E-state index >= 15 is 0 Å². The van der Waals surface area contributed by atoms with E-state index in [0.29, 0.717) is 5.92 Å². The molecule has 1 aliphatic rings. The van der Waals surface area contributed by atoms with E-state index in [4.69, 9.17) is 0 Å². The van der Waals surface area contributed by atoms with Gasteiger partial charge in [-0.1, -0.05) is 50.2 Å². The van der Waals surface area contributed by atoms with Gasteiger partial charge in [-0.05, 0) is 41.2 Å². The lowest BCUT2D eigenvalue weighted by atomic mass is 9.71. The van der Waals surface area contributed by atoms with Gasteiger partial charge in [-0.3, -0.25) is 0 Å². The quantitative estimate of drug-likeness (QED) is 0.893. The SMILES string of the molecule is CC(C)c1ccc(CC2(c3ccc(F)cc3)CNC2)cc1. The fourth-order valence-electron chi connectivity index (χ4n) is 3.07. The number of halogens is 1. The van der Waals surface area contributed by atoms with E-state index in [1.807, 2.05) is 12.1 Å². The molecule has 3 rings (SSSR count). The highest BCUT2D eigenvalue weighted by molar-refractivity contribution is 5.35. The lowest BCUT2D eigenvalue weighted by Gasteiger charge is -2.43. The lowest BCUT2D eigenvalue weighted by molar-refractivity contribution is 0.274. The van der Waals surface area contributed by atoms with Crippen LogP contribution in [0.5, 0.6) is 0 Å². The van der Waals surface area contributed by atoms with Crippen LogP contribution < -0.4 is 5.32 Å². The van der Waals surface area contributed by atoms with E-state index in [1.54, 1.807) is 12.1 Å². The van der Waals surface area contributed by atoms with Crippen molar-refractivity contribution in [1.82, 2.24) is 5.32 Å². The zero-order valence-corrected chi connectivity index (χ0v) is 12.7. The van der Waals surface area contributed by atoms with E-state index in [2.05, 4.69) is 43.4 Å². The van der Waals surface area contributed by atoms with Crippen LogP contribution in [0, 0.1) is 5.82 Å². The fourth-order valence-corrected chi connectivity index (χ4v) is 3.07. The molecule has 0 aliphatic carbocycles. The Kier molecular flexibility index (Phi) is 3.81. The topological polar surface area (TPSA) is 12.0 Å². The van der Waals surface area contributed by atoms with Gasteiger partial charge >= 0.3 is 0 Å². The molecule has 0 bridgehead atoms. The molecule has 1 aliphatic heterocycles. The van der Waals surface area contributed by atoms with Crippen molar-refractivity contribution in [2.24, 2.45) is 0 Å². The highest BCUT2D eigenvalue weighted by Crippen LogP contribution is 2.33. The van der Waals surface area contributed by atoms with Crippen molar-refractivity contribution >= 4 is 0 Å². The summed E-state index contributed by atoms with van der Waals surface area (Å²) in [7, 11) is 0. The Bertz CT molecular complexity index is 594. The average Bonchev–Trinajstić information content (AvgIpc) is 2.44. The van der Waals surface area contributed by atoms with Gasteiger partial charge in [-0.2, -0.15) is 0 Å². The summed E-state index contributed by atoms with van der Waals surface area (Å²) in [5.41, 5.74) is 4.08. The molecule has 0 saturated carbocycles. The maximum absolute atomic E-state index is 13.1. The molecule has 2 aromatic rings. The molecular weight excluding hydrogens is 261 g/mol. The Morgan fingerprint density at radius 3 is 2.10 bits per heavy atom. The second-order valence-corrected chi connectivity index (χ2v) is 6.46. The van der Waals surface area contributed by atoms with Crippen LogP contribution >= 0.6 is 0 Å². The normalized spacial score (nSPS) is 16.8. The van der Waals surface area contributed by atoms with Crippen molar-refractivity contribution in [2.45, 2.75) is 31.6 Å². The van der Waals surface area contributed by atoms with Crippen LogP contribution in [0.3, 0.4) is 0 Å². The summed E-state index contributed by atoms with van der Waals surface area (Å²) in [6.07, 6.45) is 1.00. The largest absolute Gasteiger partial charge is 0.315 e. The molecule has 1 N–H and O–H groups in total. The molecule has 1 nitrogen and oxygen atoms in total. The molecule has 1 saturated heterocycles. The molecule has 0 aromatic heterocycles. The van der Waals surface area contributed by atoms with E-state index in [-0.39, 0.29) is 11.2 Å². The van der Waals surface area contributed by atoms with Gasteiger partial charge in [0.25, 0.3) is 0 Å². The third kappa shape index (κ3) is 2.86. The van der Waals surface area contributed by atoms with Gasteiger partial charge < -0.3 is 5.32 Å². The predicted molar refractivity (Wildman–Crippen MR) is 85.2 cm³/mol. The fraction of sp³-hybridized carbons (Fsp3) is 0.368. The van der Waals surface area contributed by atoms with Crippen LogP contribution in [-0.2, 0) is 11.8 Å². The summed E-state index contributed by atoms with van der Waals surface area (Å²) in [6, 6.07) is 15.9. The Hall–Kier alpha value is -1.67. The van der Waals surface area contributed by atoms with E-state index < -0.39 is 0 Å². The van der Waals surface area contributed by atoms with Gasteiger partial charge in [0.1, 0.15) is 5.82 Å². The molecule has 0 spiro atoms. The van der Waals surface area contributed by atoms with Crippen molar-refractivity contribution in [3.63, 3.8) is 0 Å². The maximum atomic E-state index is 13.1. The summed E-state index contributed by atoms with van der Waals surface area (Å²) in [4.78, 5) is 0. The summed E-state index contributed by atoms with van der Waals surface area (Å²) in [6.45, 7) is 6.35. The van der Waals surface area contributed by atoms with Crippen molar-refractivity contribution < 1.29 is 4.39 Å². The third-order valence-electron chi connectivity index (χ3n) is 4.57. The highest BCUT2D eigenvalue weighted by Gasteiger charge is 2.38. The average molecular weight is 283 g/mol. The van der Waals surface area contributed by atoms with Gasteiger partial charge in [0.2, 0.25) is 0 Å². The van der Waals surface area contributed by atoms with E-state index in [0.717, 1.165) is 19.5 Å². The molecule has 110 valence electrons. The number of hydrogen-bond donors (Lipinski definition) is 1. The third-order valence-corrected chi connectivity index (χ3v) is 4.57. The molecule has 1 heterocycles. The first-order valence-corrected chi connectivity index (χ1v) is 7.65. The van der Waals surface area contributed by atoms with Gasteiger partial charge in [0.05, 0.1) is 0 Å². The number of hydrogen-bond acceptors (Lipinski definition) is 1. The van der Waals surface area contributed by atoms with Crippen LogP contribution in [0.2, 0.25) is 0 Å². The molecule has 0 amide bonds. The highest BCUT2D eigenvalue weighted by atomic mass is 19.1. The van der Waals surface area contributed by atoms with Crippen LogP contribution in [0.1, 0.15) is 36.5 Å². The number of benzene rings is 2. The standard InChI is InChI=1S/C19H22FN/c1-14(2)16-5-3-15(4-6-16)11-19(12-21-13-19)17-7-9-18(20)10-8-17/h3-10,14,21H,11-13H2,1-2H3. The van der Waals surface area contributed by atoms with Gasteiger partial charge in [0, 0.05) is 18.5 Å². The second kappa shape index (κ2) is 5.61. The molecule has 21 heavy (non-hydrogen) atoms. The van der Waals surface area contributed by atoms with Crippen LogP contribution in [0.15, 0.2) is 48.5 Å². The van der Waals surface area contributed by atoms with Crippen LogP contribution in [0.4, 0.5) is 4.39 Å². The molecule has 1 fully saturated rings. The van der Waals surface area contributed by atoms with Crippen LogP contribution in [0.25, 0.3) is 0 Å². The van der Waals surface area contributed by atoms with Gasteiger partial charge in [-0.15, -0.1) is 0 Å². The zero-order valence-electron chi connectivity index (χ0n) is 12.7. The van der Waals surface area contributed by atoms with E-state index in [9.17, 15) is 4.39 Å². The zero-order chi connectivity index (χ0) is 14.9. The first kappa shape index (κ1) is 14.3. The first-order valence-electron chi connectivity index (χ1n) is 7.65. The Morgan fingerprint density at radius 2 is 1.62 bits per heavy atom. The molecule has 2 heteroatoms. The molecule has 0 unspecified atom stereocenters. The maximum Gasteiger partial charge on any atom is 0.123 e. The summed E-state index contributed by atoms with van der Waals surface area (Å²) in [5.74, 6) is 0.401. The predicted octanol–water partition coefficient (Wildman–Crippen LogP) is 4.03. The Morgan fingerprint density at radius 1 is 1.00 bits per heavy atom. The monoisotopic (exact) mass is 283 g/mol. The smallest absolute Gasteiger partial charge is 0.123 e. The summed E-state index contributed by atoms with van der Waals surface area (Å²) < 4.78 is 13.1. The van der Waals surface area contributed by atoms with Crippen molar-refractivity contribution in [2.75, 3.05) is 13.1 Å². The first-order chi connectivity index (χ1) is 10.1.